The standard InChI is InChI=1S/C28H30FN3O3S/c1-19-4-10-24(20(2)16-19)30-27(33)18-35-25-11-5-21(17-26(25)34-3)28(36)32-14-12-31(13-15-32)23-8-6-22(29)7-9-23/h4-11,16-17H,12-15,18H2,1-3H3,(H,30,33). The van der Waals surface area contributed by atoms with Crippen molar-refractivity contribution >= 4 is 34.5 Å². The first-order valence-electron chi connectivity index (χ1n) is 11.8. The average Bonchev–Trinajstić information content (AvgIpc) is 2.89. The molecule has 4 rings (SSSR count). The van der Waals surface area contributed by atoms with Crippen molar-refractivity contribution in [2.24, 2.45) is 0 Å². The Kier molecular flexibility index (Phi) is 8.05. The third kappa shape index (κ3) is 6.12. The van der Waals surface area contributed by atoms with E-state index >= 15 is 0 Å². The summed E-state index contributed by atoms with van der Waals surface area (Å²) in [6.45, 7) is 6.93. The Morgan fingerprint density at radius 1 is 0.972 bits per heavy atom. The summed E-state index contributed by atoms with van der Waals surface area (Å²) in [5.41, 5.74) is 4.76. The topological polar surface area (TPSA) is 54.0 Å². The zero-order valence-corrected chi connectivity index (χ0v) is 21.5. The fraction of sp³-hybridized carbons (Fsp3) is 0.286. The molecule has 188 valence electrons. The Balaban J connectivity index is 1.34. The van der Waals surface area contributed by atoms with Gasteiger partial charge in [-0.1, -0.05) is 29.9 Å². The zero-order chi connectivity index (χ0) is 25.7. The van der Waals surface area contributed by atoms with Crippen molar-refractivity contribution in [2.45, 2.75) is 13.8 Å². The van der Waals surface area contributed by atoms with Crippen LogP contribution in [0.15, 0.2) is 60.7 Å². The molecule has 0 saturated carbocycles. The van der Waals surface area contributed by atoms with E-state index in [1.807, 2.05) is 44.2 Å². The number of methoxy groups -OCH3 is 1. The number of hydrogen-bond donors (Lipinski definition) is 1. The number of carbonyl (C=O) groups is 1. The molecule has 3 aromatic rings. The van der Waals surface area contributed by atoms with Crippen molar-refractivity contribution in [2.75, 3.05) is 50.1 Å². The highest BCUT2D eigenvalue weighted by Crippen LogP contribution is 2.29. The lowest BCUT2D eigenvalue weighted by molar-refractivity contribution is -0.118. The first kappa shape index (κ1) is 25.4. The summed E-state index contributed by atoms with van der Waals surface area (Å²) in [7, 11) is 1.56. The molecule has 1 saturated heterocycles. The van der Waals surface area contributed by atoms with E-state index < -0.39 is 0 Å². The van der Waals surface area contributed by atoms with Crippen LogP contribution < -0.4 is 19.7 Å². The van der Waals surface area contributed by atoms with E-state index in [0.29, 0.717) is 11.5 Å². The quantitative estimate of drug-likeness (QED) is 0.456. The summed E-state index contributed by atoms with van der Waals surface area (Å²) >= 11 is 5.76. The number of anilines is 2. The van der Waals surface area contributed by atoms with Crippen molar-refractivity contribution in [1.29, 1.82) is 0 Å². The number of nitrogens with one attached hydrogen (secondary N) is 1. The van der Waals surface area contributed by atoms with Crippen LogP contribution in [-0.2, 0) is 4.79 Å². The summed E-state index contributed by atoms with van der Waals surface area (Å²) in [5.74, 6) is 0.504. The highest BCUT2D eigenvalue weighted by Gasteiger charge is 2.21. The van der Waals surface area contributed by atoms with Gasteiger partial charge in [0.05, 0.1) is 7.11 Å². The largest absolute Gasteiger partial charge is 0.493 e. The summed E-state index contributed by atoms with van der Waals surface area (Å²) < 4.78 is 24.5. The van der Waals surface area contributed by atoms with E-state index in [9.17, 15) is 9.18 Å². The molecule has 1 aliphatic heterocycles. The Hall–Kier alpha value is -3.65. The van der Waals surface area contributed by atoms with Crippen LogP contribution in [0.2, 0.25) is 0 Å². The predicted octanol–water partition coefficient (Wildman–Crippen LogP) is 4.97. The molecule has 36 heavy (non-hydrogen) atoms. The van der Waals surface area contributed by atoms with E-state index in [1.54, 1.807) is 25.3 Å². The second kappa shape index (κ2) is 11.4. The fourth-order valence-corrected chi connectivity index (χ4v) is 4.52. The number of rotatable bonds is 7. The second-order valence-corrected chi connectivity index (χ2v) is 9.16. The number of benzene rings is 3. The third-order valence-corrected chi connectivity index (χ3v) is 6.68. The molecule has 1 heterocycles. The molecule has 1 fully saturated rings. The number of piperazine rings is 1. The molecule has 0 spiro atoms. The van der Waals surface area contributed by atoms with Crippen LogP contribution in [0.3, 0.4) is 0 Å². The van der Waals surface area contributed by atoms with Gasteiger partial charge in [0.2, 0.25) is 0 Å². The lowest BCUT2D eigenvalue weighted by atomic mass is 10.1. The van der Waals surface area contributed by atoms with Gasteiger partial charge in [0.25, 0.3) is 5.91 Å². The van der Waals surface area contributed by atoms with Crippen LogP contribution in [0.25, 0.3) is 0 Å². The minimum Gasteiger partial charge on any atom is -0.493 e. The number of carbonyl (C=O) groups excluding carboxylic acids is 1. The molecule has 0 unspecified atom stereocenters. The Labute approximate surface area is 216 Å². The molecule has 3 aromatic carbocycles. The van der Waals surface area contributed by atoms with Gasteiger partial charge in [-0.3, -0.25) is 4.79 Å². The lowest BCUT2D eigenvalue weighted by Gasteiger charge is -2.37. The third-order valence-electron chi connectivity index (χ3n) is 6.18. The number of halogens is 1. The minimum absolute atomic E-state index is 0.140. The molecular weight excluding hydrogens is 477 g/mol. The minimum atomic E-state index is -0.248. The summed E-state index contributed by atoms with van der Waals surface area (Å²) in [6, 6.07) is 17.9. The van der Waals surface area contributed by atoms with Crippen LogP contribution in [0.4, 0.5) is 15.8 Å². The highest BCUT2D eigenvalue weighted by atomic mass is 32.1. The van der Waals surface area contributed by atoms with Crippen molar-refractivity contribution < 1.29 is 18.7 Å². The van der Waals surface area contributed by atoms with Crippen LogP contribution >= 0.6 is 12.2 Å². The van der Waals surface area contributed by atoms with Gasteiger partial charge >= 0.3 is 0 Å². The molecule has 1 N–H and O–H groups in total. The van der Waals surface area contributed by atoms with Crippen molar-refractivity contribution in [3.63, 3.8) is 0 Å². The molecule has 0 bridgehead atoms. The molecule has 1 amide bonds. The van der Waals surface area contributed by atoms with Crippen LogP contribution in [0, 0.1) is 19.7 Å². The molecule has 1 aliphatic rings. The first-order chi connectivity index (χ1) is 17.3. The Bertz CT molecular complexity index is 1240. The van der Waals surface area contributed by atoms with Gasteiger partial charge in [-0.25, -0.2) is 4.39 Å². The summed E-state index contributed by atoms with van der Waals surface area (Å²) in [5, 5.41) is 2.88. The van der Waals surface area contributed by atoms with Crippen LogP contribution in [0.5, 0.6) is 11.5 Å². The number of hydrogen-bond acceptors (Lipinski definition) is 5. The highest BCUT2D eigenvalue weighted by molar-refractivity contribution is 7.80. The van der Waals surface area contributed by atoms with E-state index in [1.165, 1.54) is 12.1 Å². The smallest absolute Gasteiger partial charge is 0.262 e. The molecule has 6 nitrogen and oxygen atoms in total. The van der Waals surface area contributed by atoms with Crippen molar-refractivity contribution in [3.8, 4) is 11.5 Å². The van der Waals surface area contributed by atoms with Gasteiger partial charge in [0.1, 0.15) is 10.8 Å². The molecule has 8 heteroatoms. The predicted molar refractivity (Wildman–Crippen MR) is 145 cm³/mol. The number of aryl methyl sites for hydroxylation is 2. The van der Waals surface area contributed by atoms with Gasteiger partial charge in [-0.05, 0) is 67.9 Å². The van der Waals surface area contributed by atoms with Crippen molar-refractivity contribution in [1.82, 2.24) is 4.90 Å². The van der Waals surface area contributed by atoms with Gasteiger partial charge in [0, 0.05) is 43.1 Å². The van der Waals surface area contributed by atoms with E-state index in [2.05, 4.69) is 15.1 Å². The lowest BCUT2D eigenvalue weighted by Crippen LogP contribution is -2.48. The second-order valence-electron chi connectivity index (χ2n) is 8.78. The van der Waals surface area contributed by atoms with Gasteiger partial charge in [-0.15, -0.1) is 0 Å². The number of ether oxygens (including phenoxy) is 2. The normalized spacial score (nSPS) is 13.3. The molecule has 0 aliphatic carbocycles. The maximum atomic E-state index is 13.2. The van der Waals surface area contributed by atoms with Crippen molar-refractivity contribution in [3.05, 3.63) is 83.2 Å². The number of thiocarbonyl (C=S) groups is 1. The SMILES string of the molecule is COc1cc(C(=S)N2CCN(c3ccc(F)cc3)CC2)ccc1OCC(=O)Nc1ccc(C)cc1C. The van der Waals surface area contributed by atoms with Crippen LogP contribution in [-0.4, -0.2) is 55.7 Å². The van der Waals surface area contributed by atoms with E-state index in [4.69, 9.17) is 21.7 Å². The Morgan fingerprint density at radius 2 is 1.69 bits per heavy atom. The molecule has 0 atom stereocenters. The molecular formula is C28H30FN3O3S. The van der Waals surface area contributed by atoms with Gasteiger partial charge in [-0.2, -0.15) is 0 Å². The van der Waals surface area contributed by atoms with Gasteiger partial charge < -0.3 is 24.6 Å². The van der Waals surface area contributed by atoms with E-state index in [0.717, 1.165) is 59.2 Å². The maximum absolute atomic E-state index is 13.2. The molecule has 0 aromatic heterocycles. The first-order valence-corrected chi connectivity index (χ1v) is 12.2. The Morgan fingerprint density at radius 3 is 2.36 bits per heavy atom. The summed E-state index contributed by atoms with van der Waals surface area (Å²) in [4.78, 5) is 17.5. The zero-order valence-electron chi connectivity index (χ0n) is 20.7. The fourth-order valence-electron chi connectivity index (χ4n) is 4.21. The van der Waals surface area contributed by atoms with Gasteiger partial charge in [0.15, 0.2) is 18.1 Å². The van der Waals surface area contributed by atoms with E-state index in [-0.39, 0.29) is 18.3 Å². The maximum Gasteiger partial charge on any atom is 0.262 e. The molecule has 0 radical (unpaired) electrons. The monoisotopic (exact) mass is 507 g/mol. The number of amides is 1. The average molecular weight is 508 g/mol. The number of nitrogens with zero attached hydrogens (tertiary/aromatic N) is 2. The summed E-state index contributed by atoms with van der Waals surface area (Å²) in [6.07, 6.45) is 0. The van der Waals surface area contributed by atoms with Crippen LogP contribution in [0.1, 0.15) is 16.7 Å².